The van der Waals surface area contributed by atoms with E-state index in [0.717, 1.165) is 89.9 Å². The molecule has 3 aromatic rings. The number of piperidine rings is 2. The lowest BCUT2D eigenvalue weighted by atomic mass is 9.94. The minimum Gasteiger partial charge on any atom is -0.493 e. The van der Waals surface area contributed by atoms with Gasteiger partial charge in [-0.1, -0.05) is 0 Å². The van der Waals surface area contributed by atoms with Gasteiger partial charge in [0.15, 0.2) is 0 Å². The molecule has 0 saturated carbocycles. The average molecular weight is 709 g/mol. The van der Waals surface area contributed by atoms with E-state index in [1.165, 1.54) is 11.8 Å². The summed E-state index contributed by atoms with van der Waals surface area (Å²) in [4.78, 5) is 48.1. The van der Waals surface area contributed by atoms with Gasteiger partial charge in [-0.2, -0.15) is 11.8 Å². The third-order valence-electron chi connectivity index (χ3n) is 10.2. The lowest BCUT2D eigenvalue weighted by Crippen LogP contribution is -2.48. The molecule has 3 fully saturated rings. The number of nitrogens with zero attached hydrogens (tertiary/aromatic N) is 3. The predicted molar refractivity (Wildman–Crippen MR) is 196 cm³/mol. The number of carbonyl (C=O) groups excluding carboxylic acids is 2. The molecule has 3 saturated heterocycles. The molecule has 3 aliphatic rings. The minimum absolute atomic E-state index is 0.0239. The summed E-state index contributed by atoms with van der Waals surface area (Å²) in [5, 5.41) is 6.26. The van der Waals surface area contributed by atoms with Crippen LogP contribution >= 0.6 is 11.8 Å². The summed E-state index contributed by atoms with van der Waals surface area (Å²) in [5.74, 6) is 1.24. The maximum Gasteiger partial charge on any atom is 0.261 e. The van der Waals surface area contributed by atoms with Crippen LogP contribution in [-0.4, -0.2) is 97.4 Å². The van der Waals surface area contributed by atoms with Gasteiger partial charge in [0.2, 0.25) is 5.91 Å². The number of H-pyrrole nitrogens is 1. The Morgan fingerprint density at radius 3 is 2.54 bits per heavy atom. The van der Waals surface area contributed by atoms with Gasteiger partial charge in [0.25, 0.3) is 5.56 Å². The molecule has 0 bridgehead atoms. The number of benzene rings is 2. The van der Waals surface area contributed by atoms with E-state index < -0.39 is 17.4 Å². The van der Waals surface area contributed by atoms with Crippen molar-refractivity contribution < 1.29 is 23.5 Å². The van der Waals surface area contributed by atoms with Crippen LogP contribution in [0.4, 0.5) is 15.8 Å². The fourth-order valence-corrected chi connectivity index (χ4v) is 8.25. The van der Waals surface area contributed by atoms with Crippen LogP contribution in [0.2, 0.25) is 0 Å². The van der Waals surface area contributed by atoms with Crippen LogP contribution in [0.15, 0.2) is 41.2 Å². The Labute approximate surface area is 297 Å². The zero-order valence-electron chi connectivity index (χ0n) is 28.8. The van der Waals surface area contributed by atoms with Crippen molar-refractivity contribution in [3.63, 3.8) is 0 Å². The second kappa shape index (κ2) is 17.5. The van der Waals surface area contributed by atoms with E-state index in [2.05, 4.69) is 42.5 Å². The molecule has 1 amide bonds. The number of ether oxygens (including phenoxy) is 2. The Morgan fingerprint density at radius 1 is 1.10 bits per heavy atom. The SMILES string of the molecule is CNC(=O)CCC(C=O)Nc1ccc(N2CCC(N3CCC(COc4cc(F)c5c(=O)[nH]c(CSC6CCOCC6)nc5c4)CC3)CC2)cc1. The Balaban J connectivity index is 0.936. The number of anilines is 2. The molecule has 0 aliphatic carbocycles. The number of fused-ring (bicyclic) bond motifs is 1. The monoisotopic (exact) mass is 708 g/mol. The highest BCUT2D eigenvalue weighted by molar-refractivity contribution is 7.99. The van der Waals surface area contributed by atoms with Gasteiger partial charge >= 0.3 is 0 Å². The first-order valence-corrected chi connectivity index (χ1v) is 19.0. The lowest BCUT2D eigenvalue weighted by molar-refractivity contribution is -0.120. The molecule has 50 heavy (non-hydrogen) atoms. The number of hydrogen-bond donors (Lipinski definition) is 3. The summed E-state index contributed by atoms with van der Waals surface area (Å²) >= 11 is 1.76. The molecule has 0 radical (unpaired) electrons. The fraction of sp³-hybridized carbons (Fsp3) is 0.568. The lowest BCUT2D eigenvalue weighted by Gasteiger charge is -2.42. The van der Waals surface area contributed by atoms with Crippen LogP contribution in [0, 0.1) is 11.7 Å². The zero-order valence-corrected chi connectivity index (χ0v) is 29.7. The van der Waals surface area contributed by atoms with Crippen molar-refractivity contribution in [2.24, 2.45) is 5.92 Å². The van der Waals surface area contributed by atoms with Gasteiger partial charge in [0, 0.05) is 74.6 Å². The number of rotatable bonds is 14. The first-order valence-electron chi connectivity index (χ1n) is 17.9. The summed E-state index contributed by atoms with van der Waals surface area (Å²) < 4.78 is 26.6. The largest absolute Gasteiger partial charge is 0.493 e. The van der Waals surface area contributed by atoms with Crippen LogP contribution in [0.1, 0.15) is 57.2 Å². The Hall–Kier alpha value is -3.68. The van der Waals surface area contributed by atoms with Crippen molar-refractivity contribution in [3.05, 3.63) is 58.4 Å². The number of carbonyl (C=O) groups is 2. The number of likely N-dealkylation sites (tertiary alicyclic amines) is 1. The Morgan fingerprint density at radius 2 is 1.84 bits per heavy atom. The second-order valence-electron chi connectivity index (χ2n) is 13.6. The summed E-state index contributed by atoms with van der Waals surface area (Å²) in [6.45, 7) is 6.06. The highest BCUT2D eigenvalue weighted by atomic mass is 32.2. The van der Waals surface area contributed by atoms with Crippen molar-refractivity contribution in [1.82, 2.24) is 20.2 Å². The van der Waals surface area contributed by atoms with Gasteiger partial charge < -0.3 is 39.7 Å². The van der Waals surface area contributed by atoms with Crippen molar-refractivity contribution in [3.8, 4) is 5.75 Å². The molecule has 11 nitrogen and oxygen atoms in total. The maximum atomic E-state index is 15.0. The average Bonchev–Trinajstić information content (AvgIpc) is 3.15. The fourth-order valence-electron chi connectivity index (χ4n) is 7.20. The van der Waals surface area contributed by atoms with Gasteiger partial charge in [0.1, 0.15) is 29.1 Å². The molecule has 13 heteroatoms. The topological polar surface area (TPSA) is 129 Å². The predicted octanol–water partition coefficient (Wildman–Crippen LogP) is 4.74. The second-order valence-corrected chi connectivity index (χ2v) is 14.9. The summed E-state index contributed by atoms with van der Waals surface area (Å²) in [5.41, 5.74) is 1.92. The quantitative estimate of drug-likeness (QED) is 0.202. The highest BCUT2D eigenvalue weighted by Gasteiger charge is 2.29. The number of aromatic nitrogens is 2. The van der Waals surface area contributed by atoms with Gasteiger partial charge in [-0.25, -0.2) is 9.37 Å². The van der Waals surface area contributed by atoms with Gasteiger partial charge in [0.05, 0.1) is 23.9 Å². The van der Waals surface area contributed by atoms with Gasteiger partial charge in [-0.3, -0.25) is 9.59 Å². The number of aromatic amines is 1. The van der Waals surface area contributed by atoms with E-state index in [4.69, 9.17) is 9.47 Å². The molecule has 4 heterocycles. The van der Waals surface area contributed by atoms with E-state index in [-0.39, 0.29) is 11.3 Å². The Kier molecular flexibility index (Phi) is 12.6. The van der Waals surface area contributed by atoms with Crippen LogP contribution in [-0.2, 0) is 20.1 Å². The number of hydrogen-bond acceptors (Lipinski definition) is 10. The molecular formula is C37H49FN6O5S. The van der Waals surface area contributed by atoms with E-state index in [0.29, 0.717) is 59.5 Å². The van der Waals surface area contributed by atoms with E-state index in [9.17, 15) is 14.4 Å². The Bertz CT molecular complexity index is 1640. The van der Waals surface area contributed by atoms with E-state index in [1.807, 2.05) is 12.1 Å². The van der Waals surface area contributed by atoms with Crippen molar-refractivity contribution in [2.75, 3.05) is 63.3 Å². The smallest absolute Gasteiger partial charge is 0.261 e. The molecule has 1 atom stereocenters. The van der Waals surface area contributed by atoms with Crippen molar-refractivity contribution in [1.29, 1.82) is 0 Å². The summed E-state index contributed by atoms with van der Waals surface area (Å²) in [7, 11) is 1.60. The zero-order chi connectivity index (χ0) is 34.9. The first kappa shape index (κ1) is 36.1. The van der Waals surface area contributed by atoms with E-state index >= 15 is 4.39 Å². The number of aldehydes is 1. The molecule has 3 N–H and O–H groups in total. The standard InChI is InChI=1S/C37H49FN6O5S/c1-39-35(46)7-4-27(22-45)40-26-2-5-28(6-3-26)44-16-10-29(11-17-44)43-14-8-25(9-15-43)23-49-30-20-32(38)36-33(21-30)41-34(42-37(36)47)24-50-31-12-18-48-19-13-31/h2-3,5-6,20-22,25,27,29,31,40H,4,7-19,23-24H2,1H3,(H,39,46)(H,41,42,47). The molecule has 2 aromatic carbocycles. The van der Waals surface area contributed by atoms with E-state index in [1.54, 1.807) is 24.9 Å². The molecule has 6 rings (SSSR count). The number of thioether (sulfide) groups is 1. The number of halogens is 1. The van der Waals surface area contributed by atoms with Gasteiger partial charge in [-0.05, 0) is 88.2 Å². The van der Waals surface area contributed by atoms with Crippen LogP contribution in [0.3, 0.4) is 0 Å². The molecule has 1 aromatic heterocycles. The third kappa shape index (κ3) is 9.55. The summed E-state index contributed by atoms with van der Waals surface area (Å²) in [6.07, 6.45) is 7.84. The highest BCUT2D eigenvalue weighted by Crippen LogP contribution is 2.29. The van der Waals surface area contributed by atoms with Gasteiger partial charge in [-0.15, -0.1) is 0 Å². The van der Waals surface area contributed by atoms with Crippen LogP contribution < -0.4 is 25.8 Å². The minimum atomic E-state index is -0.607. The number of amides is 1. The molecule has 270 valence electrons. The molecule has 1 unspecified atom stereocenters. The normalized spacial score (nSPS) is 19.0. The number of nitrogens with one attached hydrogen (secondary N) is 3. The third-order valence-corrected chi connectivity index (χ3v) is 11.6. The van der Waals surface area contributed by atoms with Crippen molar-refractivity contribution >= 4 is 46.2 Å². The molecule has 3 aliphatic heterocycles. The molecular weight excluding hydrogens is 660 g/mol. The molecule has 0 spiro atoms. The van der Waals surface area contributed by atoms with Crippen LogP contribution in [0.25, 0.3) is 10.9 Å². The maximum absolute atomic E-state index is 15.0. The first-order chi connectivity index (χ1) is 24.4. The van der Waals surface area contributed by atoms with Crippen molar-refractivity contribution in [2.45, 2.75) is 74.5 Å². The summed E-state index contributed by atoms with van der Waals surface area (Å²) in [6, 6.07) is 11.3. The van der Waals surface area contributed by atoms with Crippen LogP contribution in [0.5, 0.6) is 5.75 Å².